The summed E-state index contributed by atoms with van der Waals surface area (Å²) in [6.45, 7) is 2.03. The van der Waals surface area contributed by atoms with Gasteiger partial charge in [-0.1, -0.05) is 0 Å². The van der Waals surface area contributed by atoms with E-state index >= 15 is 0 Å². The Balaban J connectivity index is 2.19. The fourth-order valence-corrected chi connectivity index (χ4v) is 1.32. The summed E-state index contributed by atoms with van der Waals surface area (Å²) in [4.78, 5) is 22.3. The highest BCUT2D eigenvalue weighted by Crippen LogP contribution is 2.32. The topological polar surface area (TPSA) is 90.5 Å². The van der Waals surface area contributed by atoms with Crippen LogP contribution < -0.4 is 16.0 Å². The Kier molecular flexibility index (Phi) is 4.70. The Bertz CT molecular complexity index is 266. The number of hydrogen-bond acceptors (Lipinski definition) is 4. The van der Waals surface area contributed by atoms with Gasteiger partial charge in [0.15, 0.2) is 0 Å². The highest BCUT2D eigenvalue weighted by atomic mass is 16.3. The van der Waals surface area contributed by atoms with Crippen LogP contribution >= 0.6 is 0 Å². The van der Waals surface area contributed by atoms with Crippen molar-refractivity contribution in [1.82, 2.24) is 16.0 Å². The number of amides is 3. The largest absolute Gasteiger partial charge is 0.392 e. The molecular formula is C10H19N3O3. The predicted octanol–water partition coefficient (Wildman–Crippen LogP) is -0.809. The van der Waals surface area contributed by atoms with E-state index < -0.39 is 24.1 Å². The number of rotatable bonds is 5. The van der Waals surface area contributed by atoms with Crippen molar-refractivity contribution in [2.45, 2.75) is 31.9 Å². The molecule has 4 N–H and O–H groups in total. The average Bonchev–Trinajstić information content (AvgIpc) is 3.08. The number of hydrogen-bond donors (Lipinski definition) is 4. The molecule has 1 rings (SSSR count). The first-order valence-corrected chi connectivity index (χ1v) is 5.48. The first-order valence-electron chi connectivity index (χ1n) is 5.48. The lowest BCUT2D eigenvalue weighted by Crippen LogP contribution is -2.48. The first kappa shape index (κ1) is 12.9. The maximum absolute atomic E-state index is 11.4. The number of imide groups is 1. The number of carbonyl (C=O) groups is 2. The zero-order valence-electron chi connectivity index (χ0n) is 9.62. The van der Waals surface area contributed by atoms with Gasteiger partial charge in [-0.2, -0.15) is 0 Å². The van der Waals surface area contributed by atoms with Crippen molar-refractivity contribution in [3.63, 3.8) is 0 Å². The van der Waals surface area contributed by atoms with Gasteiger partial charge in [-0.15, -0.1) is 0 Å². The fourth-order valence-electron chi connectivity index (χ4n) is 1.32. The van der Waals surface area contributed by atoms with Crippen LogP contribution in [0.5, 0.6) is 0 Å². The molecule has 1 aliphatic carbocycles. The molecule has 1 saturated carbocycles. The van der Waals surface area contributed by atoms with Crippen LogP contribution in [0, 0.1) is 5.92 Å². The van der Waals surface area contributed by atoms with Gasteiger partial charge in [-0.3, -0.25) is 10.1 Å². The SMILES string of the molecule is CNC(=O)NC(=O)C(C)NCC(O)C1CC1. The van der Waals surface area contributed by atoms with Crippen molar-refractivity contribution in [3.8, 4) is 0 Å². The number of urea groups is 1. The first-order chi connectivity index (χ1) is 7.54. The molecule has 92 valence electrons. The normalized spacial score (nSPS) is 18.7. The zero-order valence-corrected chi connectivity index (χ0v) is 9.62. The molecule has 0 radical (unpaired) electrons. The van der Waals surface area contributed by atoms with Crippen LogP contribution in [0.3, 0.4) is 0 Å². The third-order valence-electron chi connectivity index (χ3n) is 2.66. The van der Waals surface area contributed by atoms with Gasteiger partial charge in [-0.05, 0) is 25.7 Å². The third-order valence-corrected chi connectivity index (χ3v) is 2.66. The van der Waals surface area contributed by atoms with Gasteiger partial charge in [0.2, 0.25) is 5.91 Å². The molecule has 6 heteroatoms. The summed E-state index contributed by atoms with van der Waals surface area (Å²) in [6.07, 6.45) is 1.72. The number of aliphatic hydroxyl groups is 1. The second-order valence-corrected chi connectivity index (χ2v) is 4.10. The molecule has 0 bridgehead atoms. The van der Waals surface area contributed by atoms with Crippen LogP contribution in [-0.4, -0.2) is 42.8 Å². The zero-order chi connectivity index (χ0) is 12.1. The smallest absolute Gasteiger partial charge is 0.321 e. The van der Waals surface area contributed by atoms with Gasteiger partial charge >= 0.3 is 6.03 Å². The molecule has 0 aromatic heterocycles. The van der Waals surface area contributed by atoms with Crippen molar-refractivity contribution >= 4 is 11.9 Å². The number of carbonyl (C=O) groups excluding carboxylic acids is 2. The van der Waals surface area contributed by atoms with E-state index in [4.69, 9.17) is 0 Å². The quantitative estimate of drug-likeness (QED) is 0.496. The molecule has 16 heavy (non-hydrogen) atoms. The molecule has 0 spiro atoms. The maximum atomic E-state index is 11.4. The van der Waals surface area contributed by atoms with Crippen molar-refractivity contribution in [2.24, 2.45) is 5.92 Å². The van der Waals surface area contributed by atoms with E-state index in [1.165, 1.54) is 7.05 Å². The van der Waals surface area contributed by atoms with Gasteiger partial charge in [0.05, 0.1) is 12.1 Å². The number of aliphatic hydroxyl groups excluding tert-OH is 1. The molecule has 1 fully saturated rings. The van der Waals surface area contributed by atoms with Crippen molar-refractivity contribution in [2.75, 3.05) is 13.6 Å². The molecular weight excluding hydrogens is 210 g/mol. The van der Waals surface area contributed by atoms with Crippen LogP contribution in [0.25, 0.3) is 0 Å². The maximum Gasteiger partial charge on any atom is 0.321 e. The summed E-state index contributed by atoms with van der Waals surface area (Å²) in [6, 6.07) is -1.02. The van der Waals surface area contributed by atoms with E-state index in [1.54, 1.807) is 6.92 Å². The molecule has 0 aliphatic heterocycles. The van der Waals surface area contributed by atoms with Gasteiger partial charge < -0.3 is 15.7 Å². The molecule has 3 amide bonds. The fraction of sp³-hybridized carbons (Fsp3) is 0.800. The highest BCUT2D eigenvalue weighted by Gasteiger charge is 2.30. The lowest BCUT2D eigenvalue weighted by molar-refractivity contribution is -0.121. The van der Waals surface area contributed by atoms with Crippen LogP contribution in [0.4, 0.5) is 4.79 Å². The minimum atomic E-state index is -0.526. The summed E-state index contributed by atoms with van der Waals surface area (Å²) in [5, 5.41) is 16.9. The van der Waals surface area contributed by atoms with E-state index in [1.807, 2.05) is 0 Å². The molecule has 0 saturated heterocycles. The lowest BCUT2D eigenvalue weighted by Gasteiger charge is -2.16. The standard InChI is InChI=1S/C10H19N3O3/c1-6(9(15)13-10(16)11-2)12-5-8(14)7-3-4-7/h6-8,12,14H,3-5H2,1-2H3,(H2,11,13,15,16). The summed E-state index contributed by atoms with van der Waals surface area (Å²) >= 11 is 0. The average molecular weight is 229 g/mol. The van der Waals surface area contributed by atoms with Crippen molar-refractivity contribution in [3.05, 3.63) is 0 Å². The monoisotopic (exact) mass is 229 g/mol. The van der Waals surface area contributed by atoms with E-state index in [0.29, 0.717) is 12.5 Å². The molecule has 6 nitrogen and oxygen atoms in total. The van der Waals surface area contributed by atoms with Crippen LogP contribution in [-0.2, 0) is 4.79 Å². The molecule has 0 aromatic rings. The summed E-state index contributed by atoms with van der Waals surface area (Å²) in [5.41, 5.74) is 0. The van der Waals surface area contributed by atoms with E-state index in [0.717, 1.165) is 12.8 Å². The van der Waals surface area contributed by atoms with E-state index in [-0.39, 0.29) is 0 Å². The highest BCUT2D eigenvalue weighted by molar-refractivity contribution is 5.96. The van der Waals surface area contributed by atoms with Gasteiger partial charge in [0.1, 0.15) is 0 Å². The van der Waals surface area contributed by atoms with Crippen LogP contribution in [0.1, 0.15) is 19.8 Å². The Labute approximate surface area is 94.8 Å². The molecule has 0 aromatic carbocycles. The molecule has 1 aliphatic rings. The molecule has 2 atom stereocenters. The van der Waals surface area contributed by atoms with E-state index in [2.05, 4.69) is 16.0 Å². The minimum absolute atomic E-state index is 0.377. The summed E-state index contributed by atoms with van der Waals surface area (Å²) in [5.74, 6) is -0.0240. The van der Waals surface area contributed by atoms with E-state index in [9.17, 15) is 14.7 Å². The summed E-state index contributed by atoms with van der Waals surface area (Å²) < 4.78 is 0. The number of nitrogens with one attached hydrogen (secondary N) is 3. The Morgan fingerprint density at radius 1 is 1.44 bits per heavy atom. The van der Waals surface area contributed by atoms with Crippen LogP contribution in [0.15, 0.2) is 0 Å². The van der Waals surface area contributed by atoms with Crippen LogP contribution in [0.2, 0.25) is 0 Å². The Morgan fingerprint density at radius 2 is 2.06 bits per heavy atom. The van der Waals surface area contributed by atoms with Crippen molar-refractivity contribution in [1.29, 1.82) is 0 Å². The molecule has 0 heterocycles. The van der Waals surface area contributed by atoms with Gasteiger partial charge in [0, 0.05) is 13.6 Å². The second-order valence-electron chi connectivity index (χ2n) is 4.10. The third kappa shape index (κ3) is 4.16. The van der Waals surface area contributed by atoms with Gasteiger partial charge in [0.25, 0.3) is 0 Å². The lowest BCUT2D eigenvalue weighted by atomic mass is 10.2. The van der Waals surface area contributed by atoms with Crippen molar-refractivity contribution < 1.29 is 14.7 Å². The summed E-state index contributed by atoms with van der Waals surface area (Å²) in [7, 11) is 1.44. The second kappa shape index (κ2) is 5.81. The Morgan fingerprint density at radius 3 is 2.56 bits per heavy atom. The van der Waals surface area contributed by atoms with Gasteiger partial charge in [-0.25, -0.2) is 4.79 Å². The predicted molar refractivity (Wildman–Crippen MR) is 58.8 cm³/mol. The molecule has 2 unspecified atom stereocenters. The minimum Gasteiger partial charge on any atom is -0.392 e. The Hall–Kier alpha value is -1.14.